The molecule has 0 saturated carbocycles. The SMILES string of the molecule is c1ccc(CN2c3ccccc3[C@]3([C@@]45CCN[C@@H]4N(Cc4ccccc4)c4ccccc45)CCN[C@H]23)cc1. The summed E-state index contributed by atoms with van der Waals surface area (Å²) >= 11 is 0. The van der Waals surface area contributed by atoms with Gasteiger partial charge in [-0.15, -0.1) is 0 Å². The summed E-state index contributed by atoms with van der Waals surface area (Å²) in [6, 6.07) is 40.5. The van der Waals surface area contributed by atoms with Crippen molar-refractivity contribution in [2.24, 2.45) is 0 Å². The average molecular weight is 499 g/mol. The number of para-hydroxylation sites is 2. The monoisotopic (exact) mass is 498 g/mol. The van der Waals surface area contributed by atoms with E-state index in [1.165, 1.54) is 33.6 Å². The van der Waals surface area contributed by atoms with Gasteiger partial charge in [-0.05, 0) is 60.3 Å². The van der Waals surface area contributed by atoms with E-state index < -0.39 is 0 Å². The number of anilines is 2. The molecule has 8 rings (SSSR count). The summed E-state index contributed by atoms with van der Waals surface area (Å²) in [6.07, 6.45) is 2.80. The molecule has 4 aromatic rings. The van der Waals surface area contributed by atoms with Crippen molar-refractivity contribution in [1.82, 2.24) is 10.6 Å². The molecule has 2 fully saturated rings. The van der Waals surface area contributed by atoms with Gasteiger partial charge in [0.25, 0.3) is 0 Å². The van der Waals surface area contributed by atoms with Gasteiger partial charge in [0, 0.05) is 35.3 Å². The third-order valence-corrected chi connectivity index (χ3v) is 9.85. The van der Waals surface area contributed by atoms with Crippen LogP contribution in [0, 0.1) is 0 Å². The van der Waals surface area contributed by atoms with Crippen LogP contribution in [0.5, 0.6) is 0 Å². The van der Waals surface area contributed by atoms with Gasteiger partial charge in [0.1, 0.15) is 0 Å². The molecule has 2 saturated heterocycles. The average Bonchev–Trinajstić information content (AvgIpc) is 3.71. The fourth-order valence-corrected chi connectivity index (χ4v) is 8.56. The highest BCUT2D eigenvalue weighted by Crippen LogP contribution is 2.66. The second kappa shape index (κ2) is 8.45. The van der Waals surface area contributed by atoms with Crippen molar-refractivity contribution in [3.05, 3.63) is 131 Å². The van der Waals surface area contributed by atoms with E-state index in [-0.39, 0.29) is 23.2 Å². The third-order valence-electron chi connectivity index (χ3n) is 9.85. The highest BCUT2D eigenvalue weighted by molar-refractivity contribution is 5.74. The van der Waals surface area contributed by atoms with Crippen molar-refractivity contribution >= 4 is 11.4 Å². The number of hydrogen-bond donors (Lipinski definition) is 2. The van der Waals surface area contributed by atoms with Crippen LogP contribution >= 0.6 is 0 Å². The highest BCUT2D eigenvalue weighted by Gasteiger charge is 2.71. The van der Waals surface area contributed by atoms with E-state index in [2.05, 4.69) is 130 Å². The van der Waals surface area contributed by atoms with Crippen molar-refractivity contribution in [3.63, 3.8) is 0 Å². The molecule has 4 nitrogen and oxygen atoms in total. The van der Waals surface area contributed by atoms with E-state index in [0.717, 1.165) is 39.0 Å². The molecule has 0 bridgehead atoms. The topological polar surface area (TPSA) is 30.5 Å². The molecule has 4 heterocycles. The number of nitrogens with zero attached hydrogens (tertiary/aromatic N) is 2. The van der Waals surface area contributed by atoms with Crippen LogP contribution in [0.1, 0.15) is 35.1 Å². The summed E-state index contributed by atoms with van der Waals surface area (Å²) in [7, 11) is 0. The van der Waals surface area contributed by atoms with Crippen molar-refractivity contribution in [2.45, 2.75) is 49.1 Å². The number of benzene rings is 4. The molecule has 0 radical (unpaired) electrons. The lowest BCUT2D eigenvalue weighted by Crippen LogP contribution is -2.63. The number of hydrogen-bond acceptors (Lipinski definition) is 4. The van der Waals surface area contributed by atoms with Crippen LogP contribution in [-0.4, -0.2) is 25.4 Å². The lowest BCUT2D eigenvalue weighted by molar-refractivity contribution is 0.182. The van der Waals surface area contributed by atoms with Gasteiger partial charge in [0.2, 0.25) is 0 Å². The second-order valence-corrected chi connectivity index (χ2v) is 11.4. The van der Waals surface area contributed by atoms with Gasteiger partial charge in [-0.25, -0.2) is 0 Å². The predicted molar refractivity (Wildman–Crippen MR) is 154 cm³/mol. The Morgan fingerprint density at radius 2 is 0.921 bits per heavy atom. The van der Waals surface area contributed by atoms with Crippen LogP contribution in [0.2, 0.25) is 0 Å². The predicted octanol–water partition coefficient (Wildman–Crippen LogP) is 5.54. The van der Waals surface area contributed by atoms with Gasteiger partial charge in [-0.1, -0.05) is 97.1 Å². The van der Waals surface area contributed by atoms with Crippen LogP contribution in [0.15, 0.2) is 109 Å². The Balaban J connectivity index is 1.31. The van der Waals surface area contributed by atoms with Gasteiger partial charge in [-0.3, -0.25) is 10.6 Å². The van der Waals surface area contributed by atoms with Crippen LogP contribution in [0.3, 0.4) is 0 Å². The first-order chi connectivity index (χ1) is 18.8. The zero-order valence-corrected chi connectivity index (χ0v) is 21.7. The molecule has 190 valence electrons. The molecule has 4 aromatic carbocycles. The molecule has 0 aromatic heterocycles. The molecule has 4 atom stereocenters. The normalized spacial score (nSPS) is 28.7. The first kappa shape index (κ1) is 22.4. The largest absolute Gasteiger partial charge is 0.350 e. The minimum Gasteiger partial charge on any atom is -0.350 e. The fourth-order valence-electron chi connectivity index (χ4n) is 8.56. The van der Waals surface area contributed by atoms with E-state index in [1.54, 1.807) is 0 Å². The molecule has 0 unspecified atom stereocenters. The highest BCUT2D eigenvalue weighted by atomic mass is 15.4. The van der Waals surface area contributed by atoms with E-state index in [4.69, 9.17) is 0 Å². The minimum atomic E-state index is -0.0198. The molecular weight excluding hydrogens is 464 g/mol. The van der Waals surface area contributed by atoms with Gasteiger partial charge in [-0.2, -0.15) is 0 Å². The summed E-state index contributed by atoms with van der Waals surface area (Å²) in [5.74, 6) is 0. The number of fused-ring (bicyclic) bond motifs is 7. The summed E-state index contributed by atoms with van der Waals surface area (Å²) in [5.41, 5.74) is 8.53. The van der Waals surface area contributed by atoms with E-state index >= 15 is 0 Å². The zero-order valence-electron chi connectivity index (χ0n) is 21.7. The molecule has 4 heteroatoms. The van der Waals surface area contributed by atoms with Gasteiger partial charge < -0.3 is 9.80 Å². The Morgan fingerprint density at radius 3 is 1.37 bits per heavy atom. The lowest BCUT2D eigenvalue weighted by atomic mass is 9.55. The Morgan fingerprint density at radius 1 is 0.526 bits per heavy atom. The first-order valence-corrected chi connectivity index (χ1v) is 14.1. The summed E-state index contributed by atoms with van der Waals surface area (Å²) in [4.78, 5) is 5.34. The maximum Gasteiger partial charge on any atom is 0.0908 e. The summed E-state index contributed by atoms with van der Waals surface area (Å²) < 4.78 is 0. The van der Waals surface area contributed by atoms with Crippen molar-refractivity contribution in [1.29, 1.82) is 0 Å². The lowest BCUT2D eigenvalue weighted by Gasteiger charge is -2.49. The van der Waals surface area contributed by atoms with Gasteiger partial charge in [0.05, 0.1) is 12.3 Å². The first-order valence-electron chi connectivity index (χ1n) is 14.1. The van der Waals surface area contributed by atoms with Crippen LogP contribution in [0.25, 0.3) is 0 Å². The Hall–Kier alpha value is -3.60. The summed E-state index contributed by atoms with van der Waals surface area (Å²) in [5, 5.41) is 8.07. The maximum atomic E-state index is 4.04. The Bertz CT molecular complexity index is 1360. The molecule has 0 amide bonds. The van der Waals surface area contributed by atoms with E-state index in [9.17, 15) is 0 Å². The Kier molecular flexibility index (Phi) is 4.98. The standard InChI is InChI=1S/C34H34N4/c1-3-11-25(12-4-1)23-37-29-17-9-7-15-27(29)33(19-21-35-31(33)37)34-20-22-36-32(34)38(24-26-13-5-2-6-14-26)30-18-10-8-16-28(30)34/h1-18,31-32,35-36H,19-24H2/t31-,32-,33-,34-/m1/s1. The third kappa shape index (κ3) is 2.88. The molecule has 38 heavy (non-hydrogen) atoms. The molecule has 4 aliphatic rings. The fraction of sp³-hybridized carbons (Fsp3) is 0.294. The van der Waals surface area contributed by atoms with Gasteiger partial charge >= 0.3 is 0 Å². The van der Waals surface area contributed by atoms with Crippen LogP contribution in [0.4, 0.5) is 11.4 Å². The van der Waals surface area contributed by atoms with Crippen molar-refractivity contribution in [2.75, 3.05) is 22.9 Å². The van der Waals surface area contributed by atoms with E-state index in [1.807, 2.05) is 0 Å². The Labute approximate surface area is 225 Å². The molecule has 2 N–H and O–H groups in total. The van der Waals surface area contributed by atoms with Crippen LogP contribution < -0.4 is 20.4 Å². The second-order valence-electron chi connectivity index (χ2n) is 11.4. The molecule has 4 aliphatic heterocycles. The molecule has 0 spiro atoms. The maximum absolute atomic E-state index is 4.04. The quantitative estimate of drug-likeness (QED) is 0.378. The molecular formula is C34H34N4. The smallest absolute Gasteiger partial charge is 0.0908 e. The number of rotatable bonds is 5. The minimum absolute atomic E-state index is 0.0198. The summed E-state index contributed by atoms with van der Waals surface area (Å²) in [6.45, 7) is 3.92. The van der Waals surface area contributed by atoms with Crippen molar-refractivity contribution < 1.29 is 0 Å². The van der Waals surface area contributed by atoms with Gasteiger partial charge in [0.15, 0.2) is 0 Å². The van der Waals surface area contributed by atoms with Crippen molar-refractivity contribution in [3.8, 4) is 0 Å². The molecule has 0 aliphatic carbocycles. The van der Waals surface area contributed by atoms with Crippen LogP contribution in [-0.2, 0) is 23.9 Å². The van der Waals surface area contributed by atoms with E-state index in [0.29, 0.717) is 0 Å². The number of nitrogens with one attached hydrogen (secondary N) is 2. The zero-order chi connectivity index (χ0) is 25.2.